The molecule has 4 rings (SSSR count). The first-order chi connectivity index (χ1) is 12.2. The van der Waals surface area contributed by atoms with Crippen LogP contribution in [-0.2, 0) is 13.0 Å². The minimum atomic E-state index is -0.449. The van der Waals surface area contributed by atoms with Gasteiger partial charge in [-0.2, -0.15) is 0 Å². The van der Waals surface area contributed by atoms with E-state index >= 15 is 0 Å². The van der Waals surface area contributed by atoms with Gasteiger partial charge in [-0.1, -0.05) is 30.3 Å². The van der Waals surface area contributed by atoms with Crippen LogP contribution in [0.5, 0.6) is 5.75 Å². The molecule has 1 aromatic heterocycles. The van der Waals surface area contributed by atoms with Crippen molar-refractivity contribution in [2.24, 2.45) is 0 Å². The van der Waals surface area contributed by atoms with E-state index in [0.717, 1.165) is 29.3 Å². The summed E-state index contributed by atoms with van der Waals surface area (Å²) in [4.78, 5) is 25.9. The highest BCUT2D eigenvalue weighted by Gasteiger charge is 2.25. The van der Waals surface area contributed by atoms with Crippen LogP contribution in [0.2, 0.25) is 0 Å². The van der Waals surface area contributed by atoms with E-state index < -0.39 is 5.91 Å². The van der Waals surface area contributed by atoms with Crippen molar-refractivity contribution in [3.63, 3.8) is 0 Å². The Labute approximate surface area is 144 Å². The highest BCUT2D eigenvalue weighted by molar-refractivity contribution is 6.09. The largest absolute Gasteiger partial charge is 0.495 e. The van der Waals surface area contributed by atoms with Gasteiger partial charge >= 0.3 is 0 Å². The molecule has 2 aromatic carbocycles. The minimum absolute atomic E-state index is 0.0536. The number of methoxy groups -OCH3 is 1. The molecule has 126 valence electrons. The molecule has 2 heterocycles. The quantitative estimate of drug-likeness (QED) is 0.800. The number of benzene rings is 2. The number of amides is 1. The number of aromatic nitrogens is 1. The predicted octanol–water partition coefficient (Wildman–Crippen LogP) is 3.21. The van der Waals surface area contributed by atoms with Gasteiger partial charge in [0, 0.05) is 17.6 Å². The molecular weight excluding hydrogens is 316 g/mol. The Morgan fingerprint density at radius 1 is 1.12 bits per heavy atom. The van der Waals surface area contributed by atoms with Gasteiger partial charge in [0.2, 0.25) is 0 Å². The maximum Gasteiger partial charge on any atom is 0.267 e. The highest BCUT2D eigenvalue weighted by Crippen LogP contribution is 2.32. The molecule has 3 aromatic rings. The number of pyridine rings is 1. The standard InChI is InChI=1S/C20H18N2O3/c1-25-18-15-11-5-7-13-8-6-12-22(17(13)15)20(24)16(18)19(23)21-14-9-3-2-4-10-14/h2-5,7,9-11H,6,8,12H2,1H3,(H,21,23). The van der Waals surface area contributed by atoms with Gasteiger partial charge in [-0.15, -0.1) is 0 Å². The summed E-state index contributed by atoms with van der Waals surface area (Å²) in [6.07, 6.45) is 1.81. The Kier molecular flexibility index (Phi) is 3.76. The van der Waals surface area contributed by atoms with Gasteiger partial charge < -0.3 is 14.6 Å². The van der Waals surface area contributed by atoms with E-state index in [2.05, 4.69) is 5.32 Å². The van der Waals surface area contributed by atoms with E-state index in [1.807, 2.05) is 36.4 Å². The van der Waals surface area contributed by atoms with Crippen LogP contribution in [-0.4, -0.2) is 17.6 Å². The van der Waals surface area contributed by atoms with Crippen molar-refractivity contribution < 1.29 is 9.53 Å². The fourth-order valence-electron chi connectivity index (χ4n) is 3.53. The number of anilines is 1. The summed E-state index contributed by atoms with van der Waals surface area (Å²) in [6.45, 7) is 0.613. The average molecular weight is 334 g/mol. The number of carbonyl (C=O) groups excluding carboxylic acids is 1. The zero-order valence-corrected chi connectivity index (χ0v) is 13.9. The lowest BCUT2D eigenvalue weighted by molar-refractivity contribution is 0.102. The number of hydrogen-bond acceptors (Lipinski definition) is 3. The average Bonchev–Trinajstić information content (AvgIpc) is 2.65. The molecular formula is C20H18N2O3. The number of nitrogens with one attached hydrogen (secondary N) is 1. The molecule has 1 aliphatic rings. The smallest absolute Gasteiger partial charge is 0.267 e. The van der Waals surface area contributed by atoms with Crippen molar-refractivity contribution >= 4 is 22.5 Å². The molecule has 1 N–H and O–H groups in total. The third-order valence-electron chi connectivity index (χ3n) is 4.61. The van der Waals surface area contributed by atoms with Crippen molar-refractivity contribution in [1.29, 1.82) is 0 Å². The lowest BCUT2D eigenvalue weighted by Crippen LogP contribution is -2.32. The Hall–Kier alpha value is -3.08. The molecule has 0 fully saturated rings. The van der Waals surface area contributed by atoms with Crippen LogP contribution in [0.15, 0.2) is 53.3 Å². The topological polar surface area (TPSA) is 60.3 Å². The summed E-state index contributed by atoms with van der Waals surface area (Å²) in [5, 5.41) is 3.59. The Morgan fingerprint density at radius 3 is 2.68 bits per heavy atom. The second-order valence-corrected chi connectivity index (χ2v) is 6.10. The summed E-state index contributed by atoms with van der Waals surface area (Å²) in [5.41, 5.74) is 2.39. The number of ether oxygens (including phenoxy) is 1. The molecule has 25 heavy (non-hydrogen) atoms. The molecule has 5 heteroatoms. The zero-order chi connectivity index (χ0) is 17.4. The first kappa shape index (κ1) is 15.4. The van der Waals surface area contributed by atoms with Crippen LogP contribution in [0.25, 0.3) is 10.9 Å². The summed E-state index contributed by atoms with van der Waals surface area (Å²) in [7, 11) is 1.50. The van der Waals surface area contributed by atoms with Crippen LogP contribution in [0.1, 0.15) is 22.3 Å². The van der Waals surface area contributed by atoms with Gasteiger partial charge in [0.15, 0.2) is 0 Å². The molecule has 1 aliphatic heterocycles. The molecule has 0 radical (unpaired) electrons. The summed E-state index contributed by atoms with van der Waals surface area (Å²) >= 11 is 0. The van der Waals surface area contributed by atoms with E-state index in [-0.39, 0.29) is 11.1 Å². The van der Waals surface area contributed by atoms with E-state index in [1.54, 1.807) is 16.7 Å². The first-order valence-corrected chi connectivity index (χ1v) is 8.29. The molecule has 0 aliphatic carbocycles. The third-order valence-corrected chi connectivity index (χ3v) is 4.61. The van der Waals surface area contributed by atoms with Gasteiger partial charge in [0.25, 0.3) is 11.5 Å². The van der Waals surface area contributed by atoms with Crippen LogP contribution >= 0.6 is 0 Å². The van der Waals surface area contributed by atoms with Crippen molar-refractivity contribution in [1.82, 2.24) is 4.57 Å². The second kappa shape index (κ2) is 6.09. The Balaban J connectivity index is 1.94. The van der Waals surface area contributed by atoms with Crippen molar-refractivity contribution in [2.75, 3.05) is 12.4 Å². The van der Waals surface area contributed by atoms with Crippen molar-refractivity contribution in [3.05, 3.63) is 70.0 Å². The number of rotatable bonds is 3. The van der Waals surface area contributed by atoms with E-state index in [4.69, 9.17) is 4.74 Å². The highest BCUT2D eigenvalue weighted by atomic mass is 16.5. The number of nitrogens with zero attached hydrogens (tertiary/aromatic N) is 1. The van der Waals surface area contributed by atoms with Gasteiger partial charge in [-0.05, 0) is 36.6 Å². The van der Waals surface area contributed by atoms with Gasteiger partial charge in [-0.25, -0.2) is 0 Å². The van der Waals surface area contributed by atoms with Gasteiger partial charge in [0.05, 0.1) is 12.6 Å². The molecule has 5 nitrogen and oxygen atoms in total. The molecule has 0 saturated heterocycles. The number of hydrogen-bond donors (Lipinski definition) is 1. The lowest BCUT2D eigenvalue weighted by atomic mass is 9.99. The normalized spacial score (nSPS) is 12.8. The van der Waals surface area contributed by atoms with Crippen LogP contribution < -0.4 is 15.6 Å². The summed E-state index contributed by atoms with van der Waals surface area (Å²) in [6, 6.07) is 15.0. The van der Waals surface area contributed by atoms with E-state index in [0.29, 0.717) is 18.0 Å². The third kappa shape index (κ3) is 2.48. The molecule has 0 bridgehead atoms. The fourth-order valence-corrected chi connectivity index (χ4v) is 3.53. The molecule has 0 saturated carbocycles. The molecule has 0 atom stereocenters. The van der Waals surface area contributed by atoms with Crippen molar-refractivity contribution in [2.45, 2.75) is 19.4 Å². The molecule has 1 amide bonds. The molecule has 0 unspecified atom stereocenters. The number of para-hydroxylation sites is 2. The number of aryl methyl sites for hydroxylation is 2. The van der Waals surface area contributed by atoms with Crippen LogP contribution in [0, 0.1) is 0 Å². The van der Waals surface area contributed by atoms with Gasteiger partial charge in [0.1, 0.15) is 11.3 Å². The van der Waals surface area contributed by atoms with Gasteiger partial charge in [-0.3, -0.25) is 9.59 Å². The monoisotopic (exact) mass is 334 g/mol. The number of carbonyl (C=O) groups is 1. The Morgan fingerprint density at radius 2 is 1.92 bits per heavy atom. The Bertz CT molecular complexity index is 1020. The van der Waals surface area contributed by atoms with Crippen LogP contribution in [0.4, 0.5) is 5.69 Å². The van der Waals surface area contributed by atoms with E-state index in [1.165, 1.54) is 7.11 Å². The minimum Gasteiger partial charge on any atom is -0.495 e. The predicted molar refractivity (Wildman–Crippen MR) is 97.5 cm³/mol. The summed E-state index contributed by atoms with van der Waals surface area (Å²) in [5.74, 6) is -0.108. The van der Waals surface area contributed by atoms with Crippen molar-refractivity contribution in [3.8, 4) is 5.75 Å². The zero-order valence-electron chi connectivity index (χ0n) is 13.9. The maximum atomic E-state index is 13.0. The fraction of sp³-hybridized carbons (Fsp3) is 0.200. The van der Waals surface area contributed by atoms with Crippen LogP contribution in [0.3, 0.4) is 0 Å². The summed E-state index contributed by atoms with van der Waals surface area (Å²) < 4.78 is 7.21. The lowest BCUT2D eigenvalue weighted by Gasteiger charge is -2.22. The second-order valence-electron chi connectivity index (χ2n) is 6.10. The molecule has 0 spiro atoms. The first-order valence-electron chi connectivity index (χ1n) is 8.29. The van der Waals surface area contributed by atoms with E-state index in [9.17, 15) is 9.59 Å². The SMILES string of the molecule is COc1c(C(=O)Nc2ccccc2)c(=O)n2c3c(cccc13)CCC2. The maximum absolute atomic E-state index is 13.0.